The average molecular weight is 605 g/mol. The lowest BCUT2D eigenvalue weighted by atomic mass is 10.2. The third kappa shape index (κ3) is 5.62. The van der Waals surface area contributed by atoms with Gasteiger partial charge in [-0.3, -0.25) is 4.40 Å². The maximum Gasteiger partial charge on any atom is 0.257 e. The second-order valence-corrected chi connectivity index (χ2v) is 10.1. The van der Waals surface area contributed by atoms with Gasteiger partial charge in [-0.25, -0.2) is 4.98 Å². The number of hydrogen-bond acceptors (Lipinski definition) is 9. The summed E-state index contributed by atoms with van der Waals surface area (Å²) in [6.45, 7) is 0. The third-order valence-corrected chi connectivity index (χ3v) is 7.42. The van der Waals surface area contributed by atoms with Crippen LogP contribution in [0, 0.1) is 0 Å². The van der Waals surface area contributed by atoms with Crippen LogP contribution in [0.15, 0.2) is 103 Å². The van der Waals surface area contributed by atoms with E-state index in [4.69, 9.17) is 21.1 Å². The molecule has 3 aromatic heterocycles. The summed E-state index contributed by atoms with van der Waals surface area (Å²) in [5.74, 6) is 3.84. The largest absolute Gasteiger partial charge is 0.497 e. The third-order valence-electron chi connectivity index (χ3n) is 7.25. The van der Waals surface area contributed by atoms with Gasteiger partial charge in [0.2, 0.25) is 5.28 Å². The van der Waals surface area contributed by atoms with Crippen LogP contribution in [-0.2, 0) is 0 Å². The molecule has 7 aromatic rings. The Bertz CT molecular complexity index is 2050. The van der Waals surface area contributed by atoms with Crippen LogP contribution in [-0.4, -0.2) is 57.9 Å². The summed E-state index contributed by atoms with van der Waals surface area (Å²) < 4.78 is 12.3. The zero-order valence-electron chi connectivity index (χ0n) is 24.6. The maximum atomic E-state index is 6.03. The van der Waals surface area contributed by atoms with Crippen molar-refractivity contribution in [3.05, 3.63) is 109 Å². The molecule has 0 atom stereocenters. The lowest BCUT2D eigenvalue weighted by molar-refractivity contribution is 0.414. The van der Waals surface area contributed by atoms with Crippen LogP contribution < -0.4 is 19.3 Å². The number of aromatic nitrogens is 6. The molecule has 4 aromatic carbocycles. The molecule has 0 aliphatic rings. The lowest BCUT2D eigenvalue weighted by Crippen LogP contribution is -2.12. The molecule has 44 heavy (non-hydrogen) atoms. The van der Waals surface area contributed by atoms with Crippen molar-refractivity contribution in [2.75, 3.05) is 38.1 Å². The standard InChI is InChI=1S/C17H15N5O.C16H14ClN3O/c1-21(12-7-9-13(23-2)10-8-12)16-14-5-3-4-6-15(14)22-11-18-20-17(22)19-16;1-20(11-7-9-12(21-2)10-8-11)15-13-5-3-4-6-14(13)18-16(17)19-15/h3-11H,1-2H3;3-10H,1-2H3. The van der Waals surface area contributed by atoms with E-state index >= 15 is 0 Å². The fourth-order valence-corrected chi connectivity index (χ4v) is 5.07. The van der Waals surface area contributed by atoms with Gasteiger partial charge in [0.1, 0.15) is 29.5 Å². The molecule has 0 unspecified atom stereocenters. The number of nitrogens with zero attached hydrogens (tertiary/aromatic N) is 8. The van der Waals surface area contributed by atoms with Crippen LogP contribution in [0.25, 0.3) is 27.6 Å². The highest BCUT2D eigenvalue weighted by Gasteiger charge is 2.15. The molecule has 10 nitrogen and oxygen atoms in total. The highest BCUT2D eigenvalue weighted by atomic mass is 35.5. The molecule has 7 rings (SSSR count). The lowest BCUT2D eigenvalue weighted by Gasteiger charge is -2.20. The minimum atomic E-state index is 0.240. The number of benzene rings is 4. The van der Waals surface area contributed by atoms with Crippen molar-refractivity contribution in [3.8, 4) is 11.5 Å². The van der Waals surface area contributed by atoms with Crippen molar-refractivity contribution in [2.45, 2.75) is 0 Å². The molecule has 0 aliphatic carbocycles. The molecule has 0 aliphatic heterocycles. The fraction of sp³-hybridized carbons (Fsp3) is 0.121. The summed E-state index contributed by atoms with van der Waals surface area (Å²) in [6.07, 6.45) is 1.68. The summed E-state index contributed by atoms with van der Waals surface area (Å²) in [7, 11) is 7.25. The van der Waals surface area contributed by atoms with E-state index < -0.39 is 0 Å². The minimum absolute atomic E-state index is 0.240. The Hall–Kier alpha value is -5.48. The minimum Gasteiger partial charge on any atom is -0.497 e. The van der Waals surface area contributed by atoms with E-state index in [0.717, 1.165) is 56.3 Å². The Kier molecular flexibility index (Phi) is 8.07. The van der Waals surface area contributed by atoms with Gasteiger partial charge >= 0.3 is 0 Å². The van der Waals surface area contributed by atoms with Crippen molar-refractivity contribution in [2.24, 2.45) is 0 Å². The van der Waals surface area contributed by atoms with Gasteiger partial charge in [-0.1, -0.05) is 24.3 Å². The van der Waals surface area contributed by atoms with E-state index in [0.29, 0.717) is 5.78 Å². The van der Waals surface area contributed by atoms with Crippen molar-refractivity contribution < 1.29 is 9.47 Å². The SMILES string of the molecule is COc1ccc(N(C)c2nc(Cl)nc3ccccc23)cc1.COc1ccc(N(C)c2nc3nncn3c3ccccc23)cc1. The number of hydrogen-bond donors (Lipinski definition) is 0. The summed E-state index contributed by atoms with van der Waals surface area (Å²) in [4.78, 5) is 17.3. The molecule has 0 radical (unpaired) electrons. The van der Waals surface area contributed by atoms with Crippen LogP contribution >= 0.6 is 11.6 Å². The van der Waals surface area contributed by atoms with Gasteiger partial charge in [0.05, 0.1) is 25.3 Å². The summed E-state index contributed by atoms with van der Waals surface area (Å²) in [5.41, 5.74) is 3.87. The molecule has 0 fully saturated rings. The average Bonchev–Trinajstić information content (AvgIpc) is 3.56. The first-order valence-corrected chi connectivity index (χ1v) is 14.1. The molecule has 0 amide bonds. The van der Waals surface area contributed by atoms with Gasteiger partial charge in [-0.2, -0.15) is 9.97 Å². The summed E-state index contributed by atoms with van der Waals surface area (Å²) >= 11 is 6.03. The van der Waals surface area contributed by atoms with E-state index in [1.807, 2.05) is 119 Å². The molecular formula is C33H29ClN8O2. The highest BCUT2D eigenvalue weighted by Crippen LogP contribution is 2.32. The van der Waals surface area contributed by atoms with Gasteiger partial charge in [-0.15, -0.1) is 10.2 Å². The second kappa shape index (κ2) is 12.4. The quantitative estimate of drug-likeness (QED) is 0.184. The zero-order chi connectivity index (χ0) is 30.6. The fourth-order valence-electron chi connectivity index (χ4n) is 4.90. The van der Waals surface area contributed by atoms with Gasteiger partial charge in [0, 0.05) is 36.2 Å². The van der Waals surface area contributed by atoms with Gasteiger partial charge in [0.25, 0.3) is 5.78 Å². The number of methoxy groups -OCH3 is 2. The molecule has 3 heterocycles. The molecular weight excluding hydrogens is 576 g/mol. The number of rotatable bonds is 6. The Morgan fingerprint density at radius 2 is 1.18 bits per heavy atom. The van der Waals surface area contributed by atoms with Gasteiger partial charge in [-0.05, 0) is 84.4 Å². The van der Waals surface area contributed by atoms with E-state index in [9.17, 15) is 0 Å². The van der Waals surface area contributed by atoms with Crippen LogP contribution in [0.3, 0.4) is 0 Å². The van der Waals surface area contributed by atoms with Crippen molar-refractivity contribution in [1.82, 2.24) is 29.5 Å². The molecule has 11 heteroatoms. The summed E-state index contributed by atoms with van der Waals surface area (Å²) in [5, 5.41) is 10.3. The first kappa shape index (κ1) is 28.6. The van der Waals surface area contributed by atoms with Crippen LogP contribution in [0.4, 0.5) is 23.0 Å². The summed E-state index contributed by atoms with van der Waals surface area (Å²) in [6, 6.07) is 31.6. The van der Waals surface area contributed by atoms with Gasteiger partial charge < -0.3 is 19.3 Å². The molecule has 0 N–H and O–H groups in total. The molecule has 0 saturated carbocycles. The number of ether oxygens (including phenoxy) is 2. The monoisotopic (exact) mass is 604 g/mol. The predicted octanol–water partition coefficient (Wildman–Crippen LogP) is 7.11. The Balaban J connectivity index is 0.000000157. The predicted molar refractivity (Wildman–Crippen MR) is 175 cm³/mol. The number of para-hydroxylation sites is 2. The topological polar surface area (TPSA) is 93.8 Å². The smallest absolute Gasteiger partial charge is 0.257 e. The van der Waals surface area contributed by atoms with Crippen molar-refractivity contribution in [3.63, 3.8) is 0 Å². The van der Waals surface area contributed by atoms with Crippen molar-refractivity contribution >= 4 is 62.2 Å². The van der Waals surface area contributed by atoms with E-state index in [1.165, 1.54) is 0 Å². The molecule has 220 valence electrons. The van der Waals surface area contributed by atoms with E-state index in [2.05, 4.69) is 31.2 Å². The second-order valence-electron chi connectivity index (χ2n) is 9.80. The number of fused-ring (bicyclic) bond motifs is 4. The zero-order valence-corrected chi connectivity index (χ0v) is 25.3. The van der Waals surface area contributed by atoms with Crippen LogP contribution in [0.5, 0.6) is 11.5 Å². The number of halogens is 1. The molecule has 0 spiro atoms. The number of anilines is 4. The molecule has 0 bridgehead atoms. The van der Waals surface area contributed by atoms with E-state index in [1.54, 1.807) is 20.5 Å². The van der Waals surface area contributed by atoms with Gasteiger partial charge in [0.15, 0.2) is 0 Å². The first-order chi connectivity index (χ1) is 21.5. The van der Waals surface area contributed by atoms with E-state index in [-0.39, 0.29) is 5.28 Å². The Morgan fingerprint density at radius 3 is 1.80 bits per heavy atom. The van der Waals surface area contributed by atoms with Crippen molar-refractivity contribution in [1.29, 1.82) is 0 Å². The Morgan fingerprint density at radius 1 is 0.636 bits per heavy atom. The molecule has 0 saturated heterocycles. The van der Waals surface area contributed by atoms with Crippen LogP contribution in [0.2, 0.25) is 5.28 Å². The Labute approximate surface area is 259 Å². The van der Waals surface area contributed by atoms with Crippen LogP contribution in [0.1, 0.15) is 0 Å². The maximum absolute atomic E-state index is 6.03. The highest BCUT2D eigenvalue weighted by molar-refractivity contribution is 6.28. The first-order valence-electron chi connectivity index (χ1n) is 13.7. The normalized spacial score (nSPS) is 10.8.